The van der Waals surface area contributed by atoms with Crippen molar-refractivity contribution in [2.24, 2.45) is 11.8 Å². The Morgan fingerprint density at radius 2 is 1.67 bits per heavy atom. The van der Waals surface area contributed by atoms with Crippen LogP contribution in [0.3, 0.4) is 0 Å². The molecule has 0 saturated carbocycles. The molecule has 0 aliphatic carbocycles. The molecule has 5 heteroatoms. The van der Waals surface area contributed by atoms with Gasteiger partial charge in [-0.1, -0.05) is 12.1 Å². The van der Waals surface area contributed by atoms with Crippen LogP contribution in [0.1, 0.15) is 5.56 Å². The van der Waals surface area contributed by atoms with E-state index in [2.05, 4.69) is 5.32 Å². The van der Waals surface area contributed by atoms with Gasteiger partial charge in [-0.25, -0.2) is 0 Å². The van der Waals surface area contributed by atoms with E-state index in [1.54, 1.807) is 12.1 Å². The van der Waals surface area contributed by atoms with E-state index in [1.807, 2.05) is 4.90 Å². The van der Waals surface area contributed by atoms with Gasteiger partial charge in [0.15, 0.2) is 0 Å². The van der Waals surface area contributed by atoms with Crippen LogP contribution in [0.2, 0.25) is 0 Å². The SMILES string of the molecule is FC(F)(F)c1ccccc1N1C[C@H]2CNC[C@H]2C1. The molecule has 1 aromatic rings. The van der Waals surface area contributed by atoms with Crippen LogP contribution in [0.25, 0.3) is 0 Å². The second-order valence-electron chi connectivity index (χ2n) is 5.10. The Bertz CT molecular complexity index is 432. The van der Waals surface area contributed by atoms with E-state index < -0.39 is 11.7 Å². The largest absolute Gasteiger partial charge is 0.418 e. The summed E-state index contributed by atoms with van der Waals surface area (Å²) in [6.45, 7) is 3.31. The molecular formula is C13H15F3N2. The van der Waals surface area contributed by atoms with Gasteiger partial charge >= 0.3 is 6.18 Å². The molecule has 2 saturated heterocycles. The molecule has 0 bridgehead atoms. The molecule has 0 radical (unpaired) electrons. The van der Waals surface area contributed by atoms with E-state index in [1.165, 1.54) is 12.1 Å². The van der Waals surface area contributed by atoms with E-state index in [4.69, 9.17) is 0 Å². The van der Waals surface area contributed by atoms with Crippen LogP contribution in [0.4, 0.5) is 18.9 Å². The number of fused-ring (bicyclic) bond motifs is 1. The molecule has 0 unspecified atom stereocenters. The summed E-state index contributed by atoms with van der Waals surface area (Å²) in [5.74, 6) is 0.984. The molecule has 2 atom stereocenters. The summed E-state index contributed by atoms with van der Waals surface area (Å²) in [6.07, 6.45) is -4.27. The van der Waals surface area contributed by atoms with Gasteiger partial charge in [-0.05, 0) is 24.0 Å². The number of halogens is 3. The Labute approximate surface area is 104 Å². The number of para-hydroxylation sites is 1. The minimum absolute atomic E-state index is 0.333. The summed E-state index contributed by atoms with van der Waals surface area (Å²) in [5.41, 5.74) is -0.183. The average Bonchev–Trinajstić information content (AvgIpc) is 2.87. The maximum atomic E-state index is 13.0. The molecule has 0 spiro atoms. The lowest BCUT2D eigenvalue weighted by Gasteiger charge is -2.23. The van der Waals surface area contributed by atoms with Crippen molar-refractivity contribution < 1.29 is 13.2 Å². The minimum Gasteiger partial charge on any atom is -0.370 e. The van der Waals surface area contributed by atoms with Gasteiger partial charge in [-0.3, -0.25) is 0 Å². The Morgan fingerprint density at radius 1 is 1.06 bits per heavy atom. The fourth-order valence-electron chi connectivity index (χ4n) is 3.04. The molecule has 2 fully saturated rings. The number of alkyl halides is 3. The van der Waals surface area contributed by atoms with Crippen molar-refractivity contribution in [1.82, 2.24) is 5.32 Å². The summed E-state index contributed by atoms with van der Waals surface area (Å²) < 4.78 is 38.9. The van der Waals surface area contributed by atoms with Gasteiger partial charge in [0.2, 0.25) is 0 Å². The highest BCUT2D eigenvalue weighted by atomic mass is 19.4. The van der Waals surface area contributed by atoms with E-state index in [9.17, 15) is 13.2 Å². The van der Waals surface area contributed by atoms with E-state index in [-0.39, 0.29) is 0 Å². The number of hydrogen-bond acceptors (Lipinski definition) is 2. The standard InChI is InChI=1S/C13H15F3N2/c14-13(15,16)11-3-1-2-4-12(11)18-7-9-5-17-6-10(9)8-18/h1-4,9-10,17H,5-8H2/t9-,10+. The molecule has 3 rings (SSSR count). The summed E-state index contributed by atoms with van der Waals surface area (Å²) in [5, 5.41) is 3.29. The van der Waals surface area contributed by atoms with Gasteiger partial charge in [-0.15, -0.1) is 0 Å². The number of nitrogens with zero attached hydrogens (tertiary/aromatic N) is 1. The summed E-state index contributed by atoms with van der Waals surface area (Å²) in [4.78, 5) is 1.89. The lowest BCUT2D eigenvalue weighted by molar-refractivity contribution is -0.137. The predicted octanol–water partition coefficient (Wildman–Crippen LogP) is 2.36. The zero-order valence-corrected chi connectivity index (χ0v) is 9.87. The van der Waals surface area contributed by atoms with Gasteiger partial charge in [0.05, 0.1) is 5.56 Å². The van der Waals surface area contributed by atoms with Gasteiger partial charge in [0.25, 0.3) is 0 Å². The fraction of sp³-hybridized carbons (Fsp3) is 0.538. The number of benzene rings is 1. The molecule has 0 aromatic heterocycles. The van der Waals surface area contributed by atoms with Crippen LogP contribution in [-0.4, -0.2) is 26.2 Å². The summed E-state index contributed by atoms with van der Waals surface area (Å²) >= 11 is 0. The summed E-state index contributed by atoms with van der Waals surface area (Å²) in [6, 6.07) is 5.88. The minimum atomic E-state index is -4.27. The molecule has 2 nitrogen and oxygen atoms in total. The normalized spacial score (nSPS) is 27.6. The molecule has 98 valence electrons. The van der Waals surface area contributed by atoms with Gasteiger partial charge in [0, 0.05) is 31.9 Å². The van der Waals surface area contributed by atoms with Crippen molar-refractivity contribution in [1.29, 1.82) is 0 Å². The van der Waals surface area contributed by atoms with Gasteiger partial charge in [-0.2, -0.15) is 13.2 Å². The summed E-state index contributed by atoms with van der Waals surface area (Å²) in [7, 11) is 0. The van der Waals surface area contributed by atoms with E-state index in [0.29, 0.717) is 17.5 Å². The van der Waals surface area contributed by atoms with Crippen molar-refractivity contribution >= 4 is 5.69 Å². The first-order chi connectivity index (χ1) is 8.55. The fourth-order valence-corrected chi connectivity index (χ4v) is 3.04. The van der Waals surface area contributed by atoms with Crippen LogP contribution in [0.5, 0.6) is 0 Å². The molecule has 0 amide bonds. The smallest absolute Gasteiger partial charge is 0.370 e. The zero-order valence-electron chi connectivity index (χ0n) is 9.87. The number of nitrogens with one attached hydrogen (secondary N) is 1. The van der Waals surface area contributed by atoms with Crippen LogP contribution < -0.4 is 10.2 Å². The lowest BCUT2D eigenvalue weighted by atomic mass is 10.0. The van der Waals surface area contributed by atoms with Crippen molar-refractivity contribution in [2.75, 3.05) is 31.1 Å². The average molecular weight is 256 g/mol. The molecular weight excluding hydrogens is 241 g/mol. The van der Waals surface area contributed by atoms with E-state index in [0.717, 1.165) is 26.2 Å². The first-order valence-corrected chi connectivity index (χ1v) is 6.17. The lowest BCUT2D eigenvalue weighted by Crippen LogP contribution is -2.27. The second-order valence-corrected chi connectivity index (χ2v) is 5.10. The third-order valence-electron chi connectivity index (χ3n) is 3.94. The Balaban J connectivity index is 1.89. The molecule has 2 aliphatic rings. The van der Waals surface area contributed by atoms with Crippen molar-refractivity contribution in [3.63, 3.8) is 0 Å². The highest BCUT2D eigenvalue weighted by molar-refractivity contribution is 5.56. The Hall–Kier alpha value is -1.23. The monoisotopic (exact) mass is 256 g/mol. The number of rotatable bonds is 1. The third-order valence-corrected chi connectivity index (χ3v) is 3.94. The molecule has 2 heterocycles. The first-order valence-electron chi connectivity index (χ1n) is 6.17. The van der Waals surface area contributed by atoms with Gasteiger partial charge < -0.3 is 10.2 Å². The molecule has 18 heavy (non-hydrogen) atoms. The van der Waals surface area contributed by atoms with Crippen molar-refractivity contribution in [3.05, 3.63) is 29.8 Å². The number of hydrogen-bond donors (Lipinski definition) is 1. The zero-order chi connectivity index (χ0) is 12.8. The quantitative estimate of drug-likeness (QED) is 0.829. The topological polar surface area (TPSA) is 15.3 Å². The van der Waals surface area contributed by atoms with Crippen LogP contribution in [0.15, 0.2) is 24.3 Å². The van der Waals surface area contributed by atoms with E-state index >= 15 is 0 Å². The van der Waals surface area contributed by atoms with Crippen molar-refractivity contribution in [2.45, 2.75) is 6.18 Å². The highest BCUT2D eigenvalue weighted by Crippen LogP contribution is 2.39. The Kier molecular flexibility index (Phi) is 2.73. The van der Waals surface area contributed by atoms with Crippen LogP contribution in [0, 0.1) is 11.8 Å². The van der Waals surface area contributed by atoms with Crippen molar-refractivity contribution in [3.8, 4) is 0 Å². The van der Waals surface area contributed by atoms with Gasteiger partial charge in [0.1, 0.15) is 0 Å². The predicted molar refractivity (Wildman–Crippen MR) is 63.5 cm³/mol. The van der Waals surface area contributed by atoms with Crippen LogP contribution >= 0.6 is 0 Å². The third kappa shape index (κ3) is 1.96. The second kappa shape index (κ2) is 4.16. The molecule has 1 N–H and O–H groups in total. The Morgan fingerprint density at radius 3 is 2.28 bits per heavy atom. The first kappa shape index (κ1) is 11.8. The maximum Gasteiger partial charge on any atom is 0.418 e. The molecule has 1 aromatic carbocycles. The van der Waals surface area contributed by atoms with Crippen LogP contribution in [-0.2, 0) is 6.18 Å². The number of anilines is 1. The maximum absolute atomic E-state index is 13.0. The highest BCUT2D eigenvalue weighted by Gasteiger charge is 2.40. The molecule has 2 aliphatic heterocycles.